The predicted octanol–water partition coefficient (Wildman–Crippen LogP) is 3.16. The first-order valence-corrected chi connectivity index (χ1v) is 8.89. The highest BCUT2D eigenvalue weighted by Crippen LogP contribution is 2.44. The van der Waals surface area contributed by atoms with Crippen LogP contribution in [0.4, 0.5) is 4.79 Å². The second-order valence-electron chi connectivity index (χ2n) is 6.61. The highest BCUT2D eigenvalue weighted by atomic mass is 16.5. The number of fused-ring (bicyclic) bond motifs is 3. The van der Waals surface area contributed by atoms with Crippen molar-refractivity contribution in [3.05, 3.63) is 77.1 Å². The van der Waals surface area contributed by atoms with E-state index in [1.54, 1.807) is 7.05 Å². The largest absolute Gasteiger partial charge is 0.478 e. The molecule has 7 nitrogen and oxygen atoms in total. The van der Waals surface area contributed by atoms with Crippen molar-refractivity contribution in [1.29, 1.82) is 0 Å². The highest BCUT2D eigenvalue weighted by molar-refractivity contribution is 5.88. The van der Waals surface area contributed by atoms with Crippen LogP contribution in [0.3, 0.4) is 0 Å². The van der Waals surface area contributed by atoms with Gasteiger partial charge in [-0.05, 0) is 22.3 Å². The average molecular weight is 377 g/mol. The molecule has 1 aromatic heterocycles. The van der Waals surface area contributed by atoms with Gasteiger partial charge in [0.05, 0.1) is 18.4 Å². The molecular weight excluding hydrogens is 358 g/mol. The molecule has 0 aliphatic heterocycles. The number of carboxylic acid groups (broad SMARTS) is 1. The molecule has 2 aromatic carbocycles. The molecule has 2 N–H and O–H groups in total. The van der Waals surface area contributed by atoms with Crippen molar-refractivity contribution in [3.8, 4) is 11.1 Å². The molecule has 4 rings (SSSR count). The summed E-state index contributed by atoms with van der Waals surface area (Å²) in [6, 6.07) is 16.2. The molecule has 1 amide bonds. The topological polar surface area (TPSA) is 93.5 Å². The van der Waals surface area contributed by atoms with Crippen molar-refractivity contribution in [2.24, 2.45) is 7.05 Å². The smallest absolute Gasteiger partial charge is 0.407 e. The van der Waals surface area contributed by atoms with Gasteiger partial charge < -0.3 is 15.2 Å². The van der Waals surface area contributed by atoms with Crippen LogP contribution in [-0.4, -0.2) is 33.6 Å². The van der Waals surface area contributed by atoms with Gasteiger partial charge in [0.25, 0.3) is 0 Å². The van der Waals surface area contributed by atoms with E-state index in [-0.39, 0.29) is 24.6 Å². The van der Waals surface area contributed by atoms with Crippen LogP contribution in [0.1, 0.15) is 33.1 Å². The maximum Gasteiger partial charge on any atom is 0.407 e. The molecule has 0 radical (unpaired) electrons. The second-order valence-corrected chi connectivity index (χ2v) is 6.61. The normalized spacial score (nSPS) is 12.3. The van der Waals surface area contributed by atoms with E-state index in [2.05, 4.69) is 34.7 Å². The number of hydrogen-bond donors (Lipinski definition) is 2. The summed E-state index contributed by atoms with van der Waals surface area (Å²) in [4.78, 5) is 23.4. The molecule has 0 atom stereocenters. The molecule has 7 heteroatoms. The number of hydrogen-bond acceptors (Lipinski definition) is 4. The Hall–Kier alpha value is -3.61. The number of aryl methyl sites for hydroxylation is 1. The number of carbonyl (C=O) groups excluding carboxylic acids is 1. The van der Waals surface area contributed by atoms with Gasteiger partial charge in [0.1, 0.15) is 12.2 Å². The third kappa shape index (κ3) is 3.11. The van der Waals surface area contributed by atoms with E-state index in [1.165, 1.54) is 10.9 Å². The van der Waals surface area contributed by atoms with Gasteiger partial charge in [0.15, 0.2) is 0 Å². The Morgan fingerprint density at radius 2 is 1.71 bits per heavy atom. The number of carboxylic acids is 1. The van der Waals surface area contributed by atoms with E-state index in [9.17, 15) is 14.7 Å². The van der Waals surface area contributed by atoms with Gasteiger partial charge in [-0.1, -0.05) is 48.5 Å². The molecule has 3 aromatic rings. The number of benzene rings is 2. The third-order valence-electron chi connectivity index (χ3n) is 5.04. The quantitative estimate of drug-likeness (QED) is 0.712. The first-order valence-electron chi connectivity index (χ1n) is 8.89. The van der Waals surface area contributed by atoms with E-state index in [0.29, 0.717) is 5.69 Å². The number of aromatic carboxylic acids is 1. The number of ether oxygens (including phenoxy) is 1. The van der Waals surface area contributed by atoms with Crippen molar-refractivity contribution in [3.63, 3.8) is 0 Å². The van der Waals surface area contributed by atoms with Crippen molar-refractivity contribution < 1.29 is 19.4 Å². The fourth-order valence-corrected chi connectivity index (χ4v) is 3.66. The fourth-order valence-electron chi connectivity index (χ4n) is 3.66. The molecule has 28 heavy (non-hydrogen) atoms. The first kappa shape index (κ1) is 17.8. The van der Waals surface area contributed by atoms with Crippen molar-refractivity contribution in [1.82, 2.24) is 15.1 Å². The standard InChI is InChI=1S/C21H19N3O4/c1-24-19(17(10-23-24)20(25)26)11-22-21(27)28-12-18-15-8-4-2-6-13(15)14-7-3-5-9-16(14)18/h2-10,18H,11-12H2,1H3,(H,22,27)(H,25,26). The molecule has 0 saturated heterocycles. The molecule has 0 spiro atoms. The van der Waals surface area contributed by atoms with Crippen LogP contribution in [0.5, 0.6) is 0 Å². The number of nitrogens with one attached hydrogen (secondary N) is 1. The molecule has 0 bridgehead atoms. The van der Waals surface area contributed by atoms with Gasteiger partial charge in [-0.3, -0.25) is 4.68 Å². The highest BCUT2D eigenvalue weighted by Gasteiger charge is 2.29. The monoisotopic (exact) mass is 377 g/mol. The minimum Gasteiger partial charge on any atom is -0.478 e. The Kier molecular flexibility index (Phi) is 4.57. The van der Waals surface area contributed by atoms with Crippen LogP contribution >= 0.6 is 0 Å². The Morgan fingerprint density at radius 1 is 1.11 bits per heavy atom. The van der Waals surface area contributed by atoms with Crippen molar-refractivity contribution in [2.75, 3.05) is 6.61 Å². The Labute approximate surface area is 161 Å². The molecule has 1 heterocycles. The summed E-state index contributed by atoms with van der Waals surface area (Å²) in [6.45, 7) is 0.228. The number of alkyl carbamates (subject to hydrolysis) is 1. The van der Waals surface area contributed by atoms with Gasteiger partial charge in [0.2, 0.25) is 0 Å². The molecule has 0 unspecified atom stereocenters. The summed E-state index contributed by atoms with van der Waals surface area (Å²) in [7, 11) is 1.63. The van der Waals surface area contributed by atoms with Crippen LogP contribution in [0.25, 0.3) is 11.1 Å². The molecular formula is C21H19N3O4. The number of aromatic nitrogens is 2. The summed E-state index contributed by atoms with van der Waals surface area (Å²) in [6.07, 6.45) is 0.663. The summed E-state index contributed by atoms with van der Waals surface area (Å²) >= 11 is 0. The summed E-state index contributed by atoms with van der Waals surface area (Å²) in [5.74, 6) is -1.11. The molecule has 1 aliphatic carbocycles. The van der Waals surface area contributed by atoms with Gasteiger partial charge >= 0.3 is 12.1 Å². The van der Waals surface area contributed by atoms with Crippen LogP contribution in [0, 0.1) is 0 Å². The van der Waals surface area contributed by atoms with Crippen LogP contribution < -0.4 is 5.32 Å². The summed E-state index contributed by atoms with van der Waals surface area (Å²) in [5, 5.41) is 15.7. The van der Waals surface area contributed by atoms with E-state index in [4.69, 9.17) is 4.74 Å². The number of rotatable bonds is 5. The van der Waals surface area contributed by atoms with Gasteiger partial charge in [-0.2, -0.15) is 5.10 Å². The molecule has 0 saturated carbocycles. The lowest BCUT2D eigenvalue weighted by atomic mass is 9.98. The van der Waals surface area contributed by atoms with E-state index in [0.717, 1.165) is 22.3 Å². The fraction of sp³-hybridized carbons (Fsp3) is 0.190. The SMILES string of the molecule is Cn1ncc(C(=O)O)c1CNC(=O)OCC1c2ccccc2-c2ccccc21. The lowest BCUT2D eigenvalue weighted by molar-refractivity contribution is 0.0694. The Balaban J connectivity index is 1.43. The second kappa shape index (κ2) is 7.19. The minimum atomic E-state index is -1.09. The van der Waals surface area contributed by atoms with Gasteiger partial charge in [0, 0.05) is 13.0 Å². The average Bonchev–Trinajstić information content (AvgIpc) is 3.23. The minimum absolute atomic E-state index is 0.0226. The van der Waals surface area contributed by atoms with Gasteiger partial charge in [-0.25, -0.2) is 9.59 Å². The number of carbonyl (C=O) groups is 2. The van der Waals surface area contributed by atoms with Crippen LogP contribution in [0.15, 0.2) is 54.7 Å². The van der Waals surface area contributed by atoms with Crippen LogP contribution in [0.2, 0.25) is 0 Å². The van der Waals surface area contributed by atoms with E-state index >= 15 is 0 Å². The predicted molar refractivity (Wildman–Crippen MR) is 102 cm³/mol. The zero-order valence-electron chi connectivity index (χ0n) is 15.3. The first-order chi connectivity index (χ1) is 13.6. The lowest BCUT2D eigenvalue weighted by Crippen LogP contribution is -2.27. The molecule has 1 aliphatic rings. The van der Waals surface area contributed by atoms with Crippen molar-refractivity contribution >= 4 is 12.1 Å². The zero-order valence-corrected chi connectivity index (χ0v) is 15.3. The van der Waals surface area contributed by atoms with E-state index < -0.39 is 12.1 Å². The van der Waals surface area contributed by atoms with Gasteiger partial charge in [-0.15, -0.1) is 0 Å². The summed E-state index contributed by atoms with van der Waals surface area (Å²) < 4.78 is 6.87. The van der Waals surface area contributed by atoms with E-state index in [1.807, 2.05) is 24.3 Å². The van der Waals surface area contributed by atoms with Crippen LogP contribution in [-0.2, 0) is 18.3 Å². The third-order valence-corrected chi connectivity index (χ3v) is 5.04. The summed E-state index contributed by atoms with van der Waals surface area (Å²) in [5.41, 5.74) is 5.05. The lowest BCUT2D eigenvalue weighted by Gasteiger charge is -2.14. The van der Waals surface area contributed by atoms with Crippen molar-refractivity contribution in [2.45, 2.75) is 12.5 Å². The zero-order chi connectivity index (χ0) is 19.7. The molecule has 0 fully saturated rings. The number of nitrogens with zero attached hydrogens (tertiary/aromatic N) is 2. The Bertz CT molecular complexity index is 1010. The maximum absolute atomic E-state index is 12.2. The number of amides is 1. The maximum atomic E-state index is 12.2. The molecule has 142 valence electrons. The Morgan fingerprint density at radius 3 is 2.32 bits per heavy atom.